The molecule has 1 heterocycles. The summed E-state index contributed by atoms with van der Waals surface area (Å²) in [5, 5.41) is 2.35. The molecule has 1 atom stereocenters. The Balaban J connectivity index is 1.83. The Kier molecular flexibility index (Phi) is 4.13. The van der Waals surface area contributed by atoms with Gasteiger partial charge in [0.05, 0.1) is 5.69 Å². The molecule has 2 amide bonds. The molecule has 1 saturated heterocycles. The van der Waals surface area contributed by atoms with Crippen molar-refractivity contribution in [3.8, 4) is 0 Å². The van der Waals surface area contributed by atoms with Crippen LogP contribution in [-0.2, 0) is 4.79 Å². The number of aryl methyl sites for hydroxylation is 3. The van der Waals surface area contributed by atoms with Gasteiger partial charge in [0.1, 0.15) is 0 Å². The van der Waals surface area contributed by atoms with Gasteiger partial charge in [-0.1, -0.05) is 29.8 Å². The van der Waals surface area contributed by atoms with E-state index in [1.54, 1.807) is 12.1 Å². The molecule has 2 aromatic rings. The first-order valence-corrected chi connectivity index (χ1v) is 8.29. The van der Waals surface area contributed by atoms with Crippen molar-refractivity contribution in [2.45, 2.75) is 26.1 Å². The highest BCUT2D eigenvalue weighted by Crippen LogP contribution is 2.33. The number of carbonyl (C=O) groups excluding carboxylic acids is 2. The van der Waals surface area contributed by atoms with Crippen molar-refractivity contribution < 1.29 is 9.59 Å². The first kappa shape index (κ1) is 15.6. The van der Waals surface area contributed by atoms with Crippen LogP contribution in [0, 0.1) is 20.8 Å². The average molecular weight is 326 g/mol. The van der Waals surface area contributed by atoms with Crippen LogP contribution in [0.5, 0.6) is 0 Å². The Morgan fingerprint density at radius 2 is 1.61 bits per heavy atom. The summed E-state index contributed by atoms with van der Waals surface area (Å²) in [4.78, 5) is 26.1. The molecule has 1 aliphatic heterocycles. The van der Waals surface area contributed by atoms with Gasteiger partial charge in [0.2, 0.25) is 0 Å². The minimum Gasteiger partial charge on any atom is -0.365 e. The normalized spacial score (nSPS) is 17.7. The number of benzene rings is 2. The van der Waals surface area contributed by atoms with Crippen molar-refractivity contribution in [3.05, 3.63) is 59.2 Å². The number of hydrogen-bond acceptors (Lipinski definition) is 4. The van der Waals surface area contributed by atoms with Gasteiger partial charge in [-0.2, -0.15) is 0 Å². The largest absolute Gasteiger partial charge is 0.365 e. The van der Waals surface area contributed by atoms with Crippen LogP contribution in [0.15, 0.2) is 42.5 Å². The van der Waals surface area contributed by atoms with Gasteiger partial charge in [0, 0.05) is 5.69 Å². The molecule has 0 spiro atoms. The molecule has 0 aliphatic carbocycles. The fraction of sp³-hybridized carbons (Fsp3) is 0.222. The highest BCUT2D eigenvalue weighted by atomic mass is 32.2. The van der Waals surface area contributed by atoms with E-state index in [1.807, 2.05) is 51.1 Å². The smallest absolute Gasteiger partial charge is 0.295 e. The fourth-order valence-corrected chi connectivity index (χ4v) is 3.36. The Morgan fingerprint density at radius 1 is 0.957 bits per heavy atom. The van der Waals surface area contributed by atoms with Gasteiger partial charge in [-0.15, -0.1) is 0 Å². The van der Waals surface area contributed by atoms with Crippen molar-refractivity contribution in [2.24, 2.45) is 0 Å². The zero-order valence-electron chi connectivity index (χ0n) is 13.3. The number of amides is 2. The van der Waals surface area contributed by atoms with Gasteiger partial charge < -0.3 is 5.32 Å². The number of nitrogens with one attached hydrogen (secondary N) is 1. The molecule has 1 unspecified atom stereocenters. The first-order chi connectivity index (χ1) is 11.0. The summed E-state index contributed by atoms with van der Waals surface area (Å²) in [6.07, 6.45) is 0. The van der Waals surface area contributed by atoms with E-state index in [2.05, 4.69) is 5.32 Å². The van der Waals surface area contributed by atoms with E-state index in [0.29, 0.717) is 5.69 Å². The van der Waals surface area contributed by atoms with Crippen LogP contribution in [0.2, 0.25) is 0 Å². The van der Waals surface area contributed by atoms with Crippen LogP contribution in [0.1, 0.15) is 16.7 Å². The van der Waals surface area contributed by atoms with Crippen molar-refractivity contribution in [1.29, 1.82) is 0 Å². The lowest BCUT2D eigenvalue weighted by molar-refractivity contribution is -0.116. The fourth-order valence-electron chi connectivity index (χ4n) is 2.46. The number of carbonyl (C=O) groups is 2. The van der Waals surface area contributed by atoms with Crippen LogP contribution in [0.3, 0.4) is 0 Å². The minimum absolute atomic E-state index is 0.232. The standard InChI is InChI=1S/C18H18N2O2S/c1-11-5-8-14(9-6-11)20-17(21)16(23-18(20)22)19-15-10-12(2)4-7-13(15)3/h4-10,16,19H,1-3H3. The van der Waals surface area contributed by atoms with Crippen molar-refractivity contribution >= 4 is 34.3 Å². The molecule has 1 fully saturated rings. The second-order valence-corrected chi connectivity index (χ2v) is 6.79. The van der Waals surface area contributed by atoms with Crippen molar-refractivity contribution in [3.63, 3.8) is 0 Å². The second kappa shape index (κ2) is 6.08. The third-order valence-electron chi connectivity index (χ3n) is 3.82. The Bertz CT molecular complexity index is 771. The molecular formula is C18H18N2O2S. The van der Waals surface area contributed by atoms with Crippen molar-refractivity contribution in [1.82, 2.24) is 0 Å². The topological polar surface area (TPSA) is 49.4 Å². The van der Waals surface area contributed by atoms with E-state index in [1.165, 1.54) is 4.90 Å². The first-order valence-electron chi connectivity index (χ1n) is 7.41. The Hall–Kier alpha value is -2.27. The zero-order chi connectivity index (χ0) is 16.6. The zero-order valence-corrected chi connectivity index (χ0v) is 14.1. The van der Waals surface area contributed by atoms with Gasteiger partial charge in [0.15, 0.2) is 5.37 Å². The summed E-state index contributed by atoms with van der Waals surface area (Å²) in [5.41, 5.74) is 4.74. The van der Waals surface area contributed by atoms with Crippen LogP contribution in [0.4, 0.5) is 16.2 Å². The molecule has 0 saturated carbocycles. The number of imide groups is 1. The highest BCUT2D eigenvalue weighted by Gasteiger charge is 2.40. The molecule has 0 bridgehead atoms. The number of thioether (sulfide) groups is 1. The number of nitrogens with zero attached hydrogens (tertiary/aromatic N) is 1. The summed E-state index contributed by atoms with van der Waals surface area (Å²) >= 11 is 1.02. The van der Waals surface area contributed by atoms with Crippen LogP contribution >= 0.6 is 11.8 Å². The Labute approximate surface area is 139 Å². The third kappa shape index (κ3) is 3.10. The van der Waals surface area contributed by atoms with E-state index < -0.39 is 5.37 Å². The summed E-state index contributed by atoms with van der Waals surface area (Å²) < 4.78 is 0. The average Bonchev–Trinajstić information content (AvgIpc) is 2.79. The Morgan fingerprint density at radius 3 is 2.30 bits per heavy atom. The van der Waals surface area contributed by atoms with E-state index in [-0.39, 0.29) is 11.1 Å². The van der Waals surface area contributed by atoms with Gasteiger partial charge in [-0.3, -0.25) is 9.59 Å². The SMILES string of the molecule is Cc1ccc(N2C(=O)SC(Nc3cc(C)ccc3C)C2=O)cc1. The van der Waals surface area contributed by atoms with Crippen molar-refractivity contribution in [2.75, 3.05) is 10.2 Å². The van der Waals surface area contributed by atoms with Crippen LogP contribution in [0.25, 0.3) is 0 Å². The highest BCUT2D eigenvalue weighted by molar-refractivity contribution is 8.16. The summed E-state index contributed by atoms with van der Waals surface area (Å²) in [7, 11) is 0. The molecule has 0 radical (unpaired) electrons. The monoisotopic (exact) mass is 326 g/mol. The maximum Gasteiger partial charge on any atom is 0.295 e. The maximum atomic E-state index is 12.6. The molecule has 118 valence electrons. The lowest BCUT2D eigenvalue weighted by Crippen LogP contribution is -2.34. The minimum atomic E-state index is -0.593. The molecule has 5 heteroatoms. The maximum absolute atomic E-state index is 12.6. The number of hydrogen-bond donors (Lipinski definition) is 1. The molecule has 23 heavy (non-hydrogen) atoms. The van der Waals surface area contributed by atoms with Gasteiger partial charge in [0.25, 0.3) is 11.1 Å². The van der Waals surface area contributed by atoms with Gasteiger partial charge in [-0.05, 0) is 61.9 Å². The lowest BCUT2D eigenvalue weighted by atomic mass is 10.1. The number of anilines is 2. The molecule has 1 aliphatic rings. The molecule has 3 rings (SSSR count). The predicted molar refractivity (Wildman–Crippen MR) is 95.0 cm³/mol. The van der Waals surface area contributed by atoms with E-state index >= 15 is 0 Å². The second-order valence-electron chi connectivity index (χ2n) is 5.74. The predicted octanol–water partition coefficient (Wildman–Crippen LogP) is 4.25. The molecule has 1 N–H and O–H groups in total. The molecule has 0 aromatic heterocycles. The van der Waals surface area contributed by atoms with E-state index in [4.69, 9.17) is 0 Å². The molecule has 4 nitrogen and oxygen atoms in total. The molecule has 2 aromatic carbocycles. The van der Waals surface area contributed by atoms with Crippen LogP contribution < -0.4 is 10.2 Å². The number of rotatable bonds is 3. The van der Waals surface area contributed by atoms with E-state index in [9.17, 15) is 9.59 Å². The quantitative estimate of drug-likeness (QED) is 0.916. The third-order valence-corrected chi connectivity index (χ3v) is 4.76. The summed E-state index contributed by atoms with van der Waals surface area (Å²) in [6, 6.07) is 13.4. The summed E-state index contributed by atoms with van der Waals surface area (Å²) in [6.45, 7) is 5.94. The van der Waals surface area contributed by atoms with E-state index in [0.717, 1.165) is 34.1 Å². The van der Waals surface area contributed by atoms with Crippen LogP contribution in [-0.4, -0.2) is 16.5 Å². The van der Waals surface area contributed by atoms with Gasteiger partial charge in [-0.25, -0.2) is 4.90 Å². The summed E-state index contributed by atoms with van der Waals surface area (Å²) in [5.74, 6) is -0.232. The lowest BCUT2D eigenvalue weighted by Gasteiger charge is -2.16. The molecular weight excluding hydrogens is 308 g/mol. The van der Waals surface area contributed by atoms with Gasteiger partial charge >= 0.3 is 0 Å².